The van der Waals surface area contributed by atoms with Gasteiger partial charge in [-0.1, -0.05) is 24.3 Å². The molecule has 1 unspecified atom stereocenters. The lowest BCUT2D eigenvalue weighted by molar-refractivity contribution is 0.277. The first-order valence-electron chi connectivity index (χ1n) is 7.27. The van der Waals surface area contributed by atoms with Crippen LogP contribution in [-0.2, 0) is 15.4 Å². The number of para-hydroxylation sites is 1. The molecule has 1 aromatic carbocycles. The summed E-state index contributed by atoms with van der Waals surface area (Å²) in [4.78, 5) is 0. The van der Waals surface area contributed by atoms with Crippen LogP contribution in [-0.4, -0.2) is 26.1 Å². The molecular weight excluding hydrogens is 306 g/mol. The van der Waals surface area contributed by atoms with Crippen molar-refractivity contribution in [2.24, 2.45) is 0 Å². The maximum Gasteiger partial charge on any atom is 0.232 e. The predicted octanol–water partition coefficient (Wildman–Crippen LogP) is 3.44. The van der Waals surface area contributed by atoms with E-state index in [2.05, 4.69) is 6.58 Å². The molecule has 0 spiro atoms. The van der Waals surface area contributed by atoms with Crippen LogP contribution in [0.15, 0.2) is 36.9 Å². The Morgan fingerprint density at radius 2 is 2.14 bits per heavy atom. The first kappa shape index (κ1) is 14.9. The lowest BCUT2D eigenvalue weighted by Crippen LogP contribution is -2.53. The van der Waals surface area contributed by atoms with E-state index < -0.39 is 10.0 Å². The van der Waals surface area contributed by atoms with Crippen LogP contribution in [0, 0.1) is 0 Å². The Kier molecular flexibility index (Phi) is 3.57. The van der Waals surface area contributed by atoms with Gasteiger partial charge in [0.05, 0.1) is 18.0 Å². The van der Waals surface area contributed by atoms with Crippen LogP contribution in [0.4, 0.5) is 5.69 Å². The van der Waals surface area contributed by atoms with Crippen molar-refractivity contribution in [1.82, 2.24) is 0 Å². The molecule has 0 amide bonds. The highest BCUT2D eigenvalue weighted by Crippen LogP contribution is 2.56. The number of alkyl halides is 1. The second kappa shape index (κ2) is 5.03. The SMILES string of the molecule is C=CC[C@]12c3ccccc3N(S(C)(=O)=O)[C@H]1CCCC2Cl. The van der Waals surface area contributed by atoms with Crippen LogP contribution in [0.5, 0.6) is 0 Å². The topological polar surface area (TPSA) is 37.4 Å². The van der Waals surface area contributed by atoms with Crippen molar-refractivity contribution in [2.75, 3.05) is 10.6 Å². The van der Waals surface area contributed by atoms with Crippen molar-refractivity contribution in [2.45, 2.75) is 42.5 Å². The van der Waals surface area contributed by atoms with Gasteiger partial charge in [0.15, 0.2) is 0 Å². The molecule has 1 aliphatic heterocycles. The van der Waals surface area contributed by atoms with E-state index in [9.17, 15) is 8.42 Å². The fourth-order valence-electron chi connectivity index (χ4n) is 4.14. The van der Waals surface area contributed by atoms with Gasteiger partial charge < -0.3 is 0 Å². The van der Waals surface area contributed by atoms with Crippen LogP contribution in [0.1, 0.15) is 31.2 Å². The molecule has 1 aliphatic carbocycles. The smallest absolute Gasteiger partial charge is 0.232 e. The van der Waals surface area contributed by atoms with Crippen molar-refractivity contribution in [1.29, 1.82) is 0 Å². The average molecular weight is 326 g/mol. The molecule has 0 N–H and O–H groups in total. The zero-order chi connectivity index (χ0) is 15.3. The highest BCUT2D eigenvalue weighted by Gasteiger charge is 2.57. The van der Waals surface area contributed by atoms with E-state index in [4.69, 9.17) is 11.6 Å². The van der Waals surface area contributed by atoms with Gasteiger partial charge in [-0.2, -0.15) is 0 Å². The third kappa shape index (κ3) is 2.03. The van der Waals surface area contributed by atoms with Crippen LogP contribution in [0.25, 0.3) is 0 Å². The van der Waals surface area contributed by atoms with E-state index in [-0.39, 0.29) is 16.8 Å². The lowest BCUT2D eigenvalue weighted by atomic mass is 9.66. The minimum Gasteiger partial charge on any atom is -0.266 e. The first-order chi connectivity index (χ1) is 9.93. The van der Waals surface area contributed by atoms with Gasteiger partial charge in [0, 0.05) is 10.8 Å². The van der Waals surface area contributed by atoms with E-state index in [0.29, 0.717) is 6.42 Å². The predicted molar refractivity (Wildman–Crippen MR) is 87.5 cm³/mol. The van der Waals surface area contributed by atoms with Crippen molar-refractivity contribution in [3.8, 4) is 0 Å². The minimum absolute atomic E-state index is 0.0675. The molecule has 0 aromatic heterocycles. The largest absolute Gasteiger partial charge is 0.266 e. The Balaban J connectivity index is 2.29. The molecule has 21 heavy (non-hydrogen) atoms. The summed E-state index contributed by atoms with van der Waals surface area (Å²) >= 11 is 6.73. The Morgan fingerprint density at radius 3 is 2.81 bits per heavy atom. The number of benzene rings is 1. The van der Waals surface area contributed by atoms with E-state index in [1.54, 1.807) is 4.31 Å². The number of halogens is 1. The number of anilines is 1. The quantitative estimate of drug-likeness (QED) is 0.630. The Labute approximate surface area is 131 Å². The molecule has 2 aliphatic rings. The molecule has 1 aromatic rings. The third-order valence-electron chi connectivity index (χ3n) is 4.85. The number of rotatable bonds is 3. The van der Waals surface area contributed by atoms with Crippen molar-refractivity contribution < 1.29 is 8.42 Å². The fraction of sp³-hybridized carbons (Fsp3) is 0.500. The summed E-state index contributed by atoms with van der Waals surface area (Å²) in [5.74, 6) is 0. The van der Waals surface area contributed by atoms with Crippen LogP contribution < -0.4 is 4.31 Å². The third-order valence-corrected chi connectivity index (χ3v) is 6.63. The summed E-state index contributed by atoms with van der Waals surface area (Å²) in [5, 5.41) is -0.0675. The van der Waals surface area contributed by atoms with Crippen LogP contribution >= 0.6 is 11.6 Å². The molecule has 0 saturated heterocycles. The maximum absolute atomic E-state index is 12.4. The van der Waals surface area contributed by atoms with Crippen molar-refractivity contribution in [3.05, 3.63) is 42.5 Å². The first-order valence-corrected chi connectivity index (χ1v) is 9.55. The molecule has 1 heterocycles. The van der Waals surface area contributed by atoms with Gasteiger partial charge in [0.2, 0.25) is 10.0 Å². The van der Waals surface area contributed by atoms with Gasteiger partial charge in [0.1, 0.15) is 0 Å². The van der Waals surface area contributed by atoms with Gasteiger partial charge >= 0.3 is 0 Å². The molecule has 0 bridgehead atoms. The second-order valence-electron chi connectivity index (χ2n) is 6.02. The maximum atomic E-state index is 12.4. The highest BCUT2D eigenvalue weighted by atomic mass is 35.5. The van der Waals surface area contributed by atoms with Gasteiger partial charge in [0.25, 0.3) is 0 Å². The Morgan fingerprint density at radius 1 is 1.43 bits per heavy atom. The minimum atomic E-state index is -3.33. The van der Waals surface area contributed by atoms with Crippen LogP contribution in [0.2, 0.25) is 0 Å². The molecule has 114 valence electrons. The van der Waals surface area contributed by atoms with Crippen molar-refractivity contribution >= 4 is 27.3 Å². The molecule has 1 saturated carbocycles. The van der Waals surface area contributed by atoms with Crippen LogP contribution in [0.3, 0.4) is 0 Å². The summed E-state index contributed by atoms with van der Waals surface area (Å²) in [6.45, 7) is 3.88. The molecular formula is C16H20ClNO2S. The average Bonchev–Trinajstić information content (AvgIpc) is 2.71. The summed E-state index contributed by atoms with van der Waals surface area (Å²) in [7, 11) is -3.33. The number of fused-ring (bicyclic) bond motifs is 3. The summed E-state index contributed by atoms with van der Waals surface area (Å²) in [6.07, 6.45) is 6.57. The molecule has 0 radical (unpaired) electrons. The van der Waals surface area contributed by atoms with E-state index >= 15 is 0 Å². The monoisotopic (exact) mass is 325 g/mol. The van der Waals surface area contributed by atoms with E-state index in [1.165, 1.54) is 6.26 Å². The van der Waals surface area contributed by atoms with E-state index in [1.807, 2.05) is 30.3 Å². The molecule has 1 fully saturated rings. The highest BCUT2D eigenvalue weighted by molar-refractivity contribution is 7.92. The summed E-state index contributed by atoms with van der Waals surface area (Å²) in [6, 6.07) is 7.67. The van der Waals surface area contributed by atoms with Gasteiger partial charge in [-0.05, 0) is 37.3 Å². The van der Waals surface area contributed by atoms with Gasteiger partial charge in [-0.15, -0.1) is 18.2 Å². The number of hydrogen-bond acceptors (Lipinski definition) is 2. The Hall–Kier alpha value is -1.00. The lowest BCUT2D eigenvalue weighted by Gasteiger charge is -2.45. The summed E-state index contributed by atoms with van der Waals surface area (Å²) in [5.41, 5.74) is 1.50. The Bertz CT molecular complexity index is 673. The van der Waals surface area contributed by atoms with E-state index in [0.717, 1.165) is 30.5 Å². The van der Waals surface area contributed by atoms with Gasteiger partial charge in [-0.25, -0.2) is 8.42 Å². The number of allylic oxidation sites excluding steroid dienone is 1. The zero-order valence-electron chi connectivity index (χ0n) is 12.1. The number of hydrogen-bond donors (Lipinski definition) is 0. The fourth-order valence-corrected chi connectivity index (χ4v) is 5.92. The number of sulfonamides is 1. The molecule has 3 nitrogen and oxygen atoms in total. The zero-order valence-corrected chi connectivity index (χ0v) is 13.7. The standard InChI is InChI=1S/C16H20ClNO2S/c1-3-11-16-12-7-4-5-8-13(12)18(21(2,19)20)15(16)10-6-9-14(16)17/h3-5,7-8,14-15H,1,6,9-11H2,2H3/t14?,15-,16+/m0/s1. The normalized spacial score (nSPS) is 31.6. The molecule has 3 atom stereocenters. The van der Waals surface area contributed by atoms with Crippen molar-refractivity contribution in [3.63, 3.8) is 0 Å². The molecule has 3 rings (SSSR count). The number of nitrogens with zero attached hydrogens (tertiary/aromatic N) is 1. The summed E-state index contributed by atoms with van der Waals surface area (Å²) < 4.78 is 26.3. The second-order valence-corrected chi connectivity index (χ2v) is 8.41. The van der Waals surface area contributed by atoms with Gasteiger partial charge in [-0.3, -0.25) is 4.31 Å². The molecule has 5 heteroatoms.